The van der Waals surface area contributed by atoms with Crippen LogP contribution in [0.1, 0.15) is 18.9 Å². The van der Waals surface area contributed by atoms with E-state index in [-0.39, 0.29) is 12.5 Å². The fourth-order valence-electron chi connectivity index (χ4n) is 2.33. The Morgan fingerprint density at radius 3 is 2.68 bits per heavy atom. The predicted molar refractivity (Wildman–Crippen MR) is 104 cm³/mol. The second-order valence-electron chi connectivity index (χ2n) is 5.71. The average Bonchev–Trinajstić information content (AvgIpc) is 3.07. The molecule has 2 N–H and O–H groups in total. The molecule has 0 spiro atoms. The van der Waals surface area contributed by atoms with Gasteiger partial charge < -0.3 is 5.32 Å². The number of aromatic nitrogens is 1. The Labute approximate surface area is 150 Å². The molecule has 0 atom stereocenters. The first kappa shape index (κ1) is 17.1. The summed E-state index contributed by atoms with van der Waals surface area (Å²) in [5, 5.41) is 7.93. The zero-order chi connectivity index (χ0) is 17.5. The van der Waals surface area contributed by atoms with Gasteiger partial charge in [-0.25, -0.2) is 10.4 Å². The highest BCUT2D eigenvalue weighted by Crippen LogP contribution is 2.24. The molecule has 1 heterocycles. The third-order valence-electron chi connectivity index (χ3n) is 3.68. The third-order valence-corrected chi connectivity index (χ3v) is 4.68. The first-order valence-electron chi connectivity index (χ1n) is 8.16. The molecule has 0 radical (unpaired) electrons. The summed E-state index contributed by atoms with van der Waals surface area (Å²) in [6, 6.07) is 18.1. The van der Waals surface area contributed by atoms with Gasteiger partial charge in [0.05, 0.1) is 16.8 Å². The standard InChI is InChI=1S/C19H20N4OS/c1-14(11-12-15-7-3-2-4-8-15)22-23-18(24)13-20-19-21-16-9-5-6-10-17(16)25-19/h2-10H,11-13H2,1H3,(H,20,21)(H,23,24)/b22-14-. The monoisotopic (exact) mass is 352 g/mol. The van der Waals surface area contributed by atoms with Crippen molar-refractivity contribution in [2.75, 3.05) is 11.9 Å². The second kappa shape index (κ2) is 8.39. The van der Waals surface area contributed by atoms with E-state index in [9.17, 15) is 4.79 Å². The first-order valence-corrected chi connectivity index (χ1v) is 8.98. The van der Waals surface area contributed by atoms with Crippen molar-refractivity contribution in [1.29, 1.82) is 0 Å². The van der Waals surface area contributed by atoms with Crippen molar-refractivity contribution in [2.45, 2.75) is 19.8 Å². The molecule has 3 aromatic rings. The number of anilines is 1. The third kappa shape index (κ3) is 5.12. The minimum absolute atomic E-state index is 0.148. The number of amides is 1. The summed E-state index contributed by atoms with van der Waals surface area (Å²) in [5.74, 6) is -0.182. The van der Waals surface area contributed by atoms with Gasteiger partial charge in [0.2, 0.25) is 0 Å². The molecule has 0 saturated heterocycles. The fourth-order valence-corrected chi connectivity index (χ4v) is 3.19. The minimum Gasteiger partial charge on any atom is -0.352 e. The van der Waals surface area contributed by atoms with Crippen LogP contribution in [0.5, 0.6) is 0 Å². The number of para-hydroxylation sites is 1. The van der Waals surface area contributed by atoms with E-state index in [0.29, 0.717) is 0 Å². The predicted octanol–water partition coefficient (Wildman–Crippen LogP) is 3.83. The molecule has 25 heavy (non-hydrogen) atoms. The summed E-state index contributed by atoms with van der Waals surface area (Å²) in [7, 11) is 0. The summed E-state index contributed by atoms with van der Waals surface area (Å²) in [5.41, 5.74) is 5.69. The Balaban J connectivity index is 1.43. The molecule has 0 unspecified atom stereocenters. The smallest absolute Gasteiger partial charge is 0.259 e. The number of hydrazone groups is 1. The van der Waals surface area contributed by atoms with Gasteiger partial charge in [0.25, 0.3) is 5.91 Å². The summed E-state index contributed by atoms with van der Waals surface area (Å²) in [6.07, 6.45) is 1.73. The minimum atomic E-state index is -0.182. The van der Waals surface area contributed by atoms with Gasteiger partial charge >= 0.3 is 0 Å². The zero-order valence-corrected chi connectivity index (χ0v) is 14.8. The van der Waals surface area contributed by atoms with Crippen molar-refractivity contribution in [3.05, 3.63) is 60.2 Å². The van der Waals surface area contributed by atoms with E-state index in [1.165, 1.54) is 16.9 Å². The number of nitrogens with zero attached hydrogens (tertiary/aromatic N) is 2. The summed E-state index contributed by atoms with van der Waals surface area (Å²) in [4.78, 5) is 16.3. The number of nitrogens with one attached hydrogen (secondary N) is 2. The topological polar surface area (TPSA) is 66.4 Å². The number of carbonyl (C=O) groups is 1. The Kier molecular flexibility index (Phi) is 5.74. The van der Waals surface area contributed by atoms with E-state index in [4.69, 9.17) is 0 Å². The van der Waals surface area contributed by atoms with Gasteiger partial charge in [-0.2, -0.15) is 5.10 Å². The number of rotatable bonds is 7. The second-order valence-corrected chi connectivity index (χ2v) is 6.74. The van der Waals surface area contributed by atoms with Crippen molar-refractivity contribution >= 4 is 38.3 Å². The fraction of sp³-hybridized carbons (Fsp3) is 0.211. The molecule has 0 aliphatic rings. The maximum Gasteiger partial charge on any atom is 0.259 e. The molecule has 0 saturated carbocycles. The van der Waals surface area contributed by atoms with E-state index < -0.39 is 0 Å². The molecule has 0 aliphatic heterocycles. The molecular weight excluding hydrogens is 332 g/mol. The summed E-state index contributed by atoms with van der Waals surface area (Å²) in [6.45, 7) is 2.07. The van der Waals surface area contributed by atoms with E-state index in [2.05, 4.69) is 33.0 Å². The highest BCUT2D eigenvalue weighted by Gasteiger charge is 2.05. The van der Waals surface area contributed by atoms with Gasteiger partial charge in [0.15, 0.2) is 5.13 Å². The van der Waals surface area contributed by atoms with Crippen LogP contribution in [-0.2, 0) is 11.2 Å². The van der Waals surface area contributed by atoms with Crippen molar-refractivity contribution in [2.24, 2.45) is 5.10 Å². The molecular formula is C19H20N4OS. The van der Waals surface area contributed by atoms with Crippen LogP contribution >= 0.6 is 11.3 Å². The molecule has 3 rings (SSSR count). The number of hydrogen-bond donors (Lipinski definition) is 2. The van der Waals surface area contributed by atoms with Crippen molar-refractivity contribution in [1.82, 2.24) is 10.4 Å². The highest BCUT2D eigenvalue weighted by atomic mass is 32.1. The van der Waals surface area contributed by atoms with Crippen LogP contribution in [0.25, 0.3) is 10.2 Å². The van der Waals surface area contributed by atoms with Crippen LogP contribution in [0.3, 0.4) is 0 Å². The number of hydrogen-bond acceptors (Lipinski definition) is 5. The van der Waals surface area contributed by atoms with Crippen LogP contribution in [0.4, 0.5) is 5.13 Å². The van der Waals surface area contributed by atoms with Gasteiger partial charge in [-0.3, -0.25) is 4.79 Å². The van der Waals surface area contributed by atoms with Crippen LogP contribution in [0.2, 0.25) is 0 Å². The van der Waals surface area contributed by atoms with Crippen LogP contribution in [-0.4, -0.2) is 23.1 Å². The molecule has 2 aromatic carbocycles. The Morgan fingerprint density at radius 2 is 1.88 bits per heavy atom. The van der Waals surface area contributed by atoms with E-state index in [1.807, 2.05) is 49.4 Å². The zero-order valence-electron chi connectivity index (χ0n) is 14.0. The number of fused-ring (bicyclic) bond motifs is 1. The highest BCUT2D eigenvalue weighted by molar-refractivity contribution is 7.22. The Morgan fingerprint density at radius 1 is 1.12 bits per heavy atom. The molecule has 128 valence electrons. The molecule has 1 amide bonds. The SMILES string of the molecule is C/C(CCc1ccccc1)=N/NC(=O)CNc1nc2ccccc2s1. The van der Waals surface area contributed by atoms with Crippen LogP contribution in [0, 0.1) is 0 Å². The van der Waals surface area contributed by atoms with Gasteiger partial charge in [0, 0.05) is 5.71 Å². The van der Waals surface area contributed by atoms with Gasteiger partial charge in [-0.1, -0.05) is 53.8 Å². The van der Waals surface area contributed by atoms with E-state index >= 15 is 0 Å². The molecule has 0 aliphatic carbocycles. The van der Waals surface area contributed by atoms with E-state index in [0.717, 1.165) is 33.9 Å². The lowest BCUT2D eigenvalue weighted by atomic mass is 10.1. The molecule has 0 fully saturated rings. The van der Waals surface area contributed by atoms with Crippen LogP contribution in [0.15, 0.2) is 59.7 Å². The average molecular weight is 352 g/mol. The molecule has 5 nitrogen and oxygen atoms in total. The van der Waals surface area contributed by atoms with Gasteiger partial charge in [0.1, 0.15) is 0 Å². The quantitative estimate of drug-likeness (QED) is 0.502. The first-order chi connectivity index (χ1) is 12.2. The lowest BCUT2D eigenvalue weighted by Gasteiger charge is -2.04. The van der Waals surface area contributed by atoms with Crippen molar-refractivity contribution < 1.29 is 4.79 Å². The number of aryl methyl sites for hydroxylation is 1. The van der Waals surface area contributed by atoms with E-state index in [1.54, 1.807) is 0 Å². The van der Waals surface area contributed by atoms with Crippen molar-refractivity contribution in [3.63, 3.8) is 0 Å². The molecule has 0 bridgehead atoms. The lowest BCUT2D eigenvalue weighted by molar-refractivity contribution is -0.119. The summed E-state index contributed by atoms with van der Waals surface area (Å²) >= 11 is 1.53. The maximum absolute atomic E-state index is 11.9. The van der Waals surface area contributed by atoms with Gasteiger partial charge in [-0.05, 0) is 37.5 Å². The Bertz CT molecular complexity index is 840. The number of carbonyl (C=O) groups excluding carboxylic acids is 1. The molecule has 1 aromatic heterocycles. The normalized spacial score (nSPS) is 11.5. The largest absolute Gasteiger partial charge is 0.352 e. The van der Waals surface area contributed by atoms with Crippen LogP contribution < -0.4 is 10.7 Å². The number of benzene rings is 2. The van der Waals surface area contributed by atoms with Crippen molar-refractivity contribution in [3.8, 4) is 0 Å². The van der Waals surface area contributed by atoms with Gasteiger partial charge in [-0.15, -0.1) is 0 Å². The molecule has 6 heteroatoms. The number of thiazole rings is 1. The Hall–Kier alpha value is -2.73. The maximum atomic E-state index is 11.9. The summed E-state index contributed by atoms with van der Waals surface area (Å²) < 4.78 is 1.10. The lowest BCUT2D eigenvalue weighted by Crippen LogP contribution is -2.26.